The summed E-state index contributed by atoms with van der Waals surface area (Å²) in [4.78, 5) is 34.7. The third kappa shape index (κ3) is 6.53. The maximum atomic E-state index is 12.9. The predicted molar refractivity (Wildman–Crippen MR) is 130 cm³/mol. The van der Waals surface area contributed by atoms with Crippen LogP contribution >= 0.6 is 0 Å². The van der Waals surface area contributed by atoms with Gasteiger partial charge in [-0.1, -0.05) is 12.1 Å². The number of benzene rings is 1. The van der Waals surface area contributed by atoms with Crippen molar-refractivity contribution in [2.75, 3.05) is 19.6 Å². The molecule has 2 heterocycles. The Bertz CT molecular complexity index is 1170. The molecule has 10 heteroatoms. The molecular weight excluding hydrogens is 485 g/mol. The SMILES string of the molecule is [C-]#[N+]c1ccc(C2(O)CCC(N3CC[C@@H](CC(=O)CNC(=O)c4cccc(C(F)(F)F)c4)C3)CC2)nc1. The highest BCUT2D eigenvalue weighted by atomic mass is 19.4. The van der Waals surface area contributed by atoms with E-state index in [1.54, 1.807) is 12.1 Å². The molecule has 4 rings (SSSR count). The second-order valence-corrected chi connectivity index (χ2v) is 9.93. The highest BCUT2D eigenvalue weighted by Gasteiger charge is 2.39. The first-order chi connectivity index (χ1) is 17.6. The molecule has 0 bridgehead atoms. The van der Waals surface area contributed by atoms with Gasteiger partial charge in [-0.05, 0) is 68.8 Å². The third-order valence-electron chi connectivity index (χ3n) is 7.38. The van der Waals surface area contributed by atoms with E-state index in [0.717, 1.165) is 44.5 Å². The van der Waals surface area contributed by atoms with E-state index in [4.69, 9.17) is 6.57 Å². The minimum Gasteiger partial charge on any atom is -0.384 e. The number of hydrogen-bond acceptors (Lipinski definition) is 5. The monoisotopic (exact) mass is 514 g/mol. The molecule has 2 aliphatic rings. The fraction of sp³-hybridized carbons (Fsp3) is 0.481. The van der Waals surface area contributed by atoms with Gasteiger partial charge >= 0.3 is 6.18 Å². The molecule has 37 heavy (non-hydrogen) atoms. The zero-order chi connectivity index (χ0) is 26.6. The number of amides is 1. The number of carbonyl (C=O) groups excluding carboxylic acids is 2. The summed E-state index contributed by atoms with van der Waals surface area (Å²) in [6, 6.07) is 7.82. The van der Waals surface area contributed by atoms with E-state index < -0.39 is 23.2 Å². The van der Waals surface area contributed by atoms with Gasteiger partial charge in [-0.25, -0.2) is 4.85 Å². The van der Waals surface area contributed by atoms with E-state index in [2.05, 4.69) is 20.0 Å². The number of aliphatic hydroxyl groups is 1. The molecule has 2 aromatic rings. The summed E-state index contributed by atoms with van der Waals surface area (Å²) in [5.41, 5.74) is -1.01. The maximum Gasteiger partial charge on any atom is 0.416 e. The molecule has 2 N–H and O–H groups in total. The van der Waals surface area contributed by atoms with Crippen LogP contribution in [0.3, 0.4) is 0 Å². The minimum atomic E-state index is -4.54. The minimum absolute atomic E-state index is 0.135. The second-order valence-electron chi connectivity index (χ2n) is 9.93. The molecule has 1 aliphatic heterocycles. The largest absolute Gasteiger partial charge is 0.416 e. The third-order valence-corrected chi connectivity index (χ3v) is 7.38. The number of nitrogens with one attached hydrogen (secondary N) is 1. The molecule has 1 aliphatic carbocycles. The van der Waals surface area contributed by atoms with Gasteiger partial charge in [-0.15, -0.1) is 0 Å². The number of rotatable bonds is 7. The second kappa shape index (κ2) is 11.0. The van der Waals surface area contributed by atoms with E-state index in [1.807, 2.05) is 0 Å². The van der Waals surface area contributed by atoms with E-state index in [9.17, 15) is 27.9 Å². The normalized spacial score (nSPS) is 24.4. The Labute approximate surface area is 213 Å². The van der Waals surface area contributed by atoms with Gasteiger partial charge in [-0.2, -0.15) is 13.2 Å². The quantitative estimate of drug-likeness (QED) is 0.532. The van der Waals surface area contributed by atoms with Crippen LogP contribution < -0.4 is 5.32 Å². The zero-order valence-electron chi connectivity index (χ0n) is 20.3. The average molecular weight is 515 g/mol. The van der Waals surface area contributed by atoms with Crippen molar-refractivity contribution < 1.29 is 27.9 Å². The number of ketones is 1. The van der Waals surface area contributed by atoms with Crippen molar-refractivity contribution in [3.05, 3.63) is 70.8 Å². The van der Waals surface area contributed by atoms with Gasteiger partial charge < -0.3 is 15.3 Å². The summed E-state index contributed by atoms with van der Waals surface area (Å²) in [5, 5.41) is 13.5. The smallest absolute Gasteiger partial charge is 0.384 e. The lowest BCUT2D eigenvalue weighted by molar-refractivity contribution is -0.137. The molecule has 0 radical (unpaired) electrons. The van der Waals surface area contributed by atoms with Crippen LogP contribution in [0.4, 0.5) is 18.9 Å². The summed E-state index contributed by atoms with van der Waals surface area (Å²) in [5.74, 6) is -0.707. The van der Waals surface area contributed by atoms with Crippen LogP contribution in [0.2, 0.25) is 0 Å². The summed E-state index contributed by atoms with van der Waals surface area (Å²) in [6.45, 7) is 8.43. The van der Waals surface area contributed by atoms with E-state index in [0.29, 0.717) is 36.7 Å². The predicted octanol–water partition coefficient (Wildman–Crippen LogP) is 4.49. The Morgan fingerprint density at radius 2 is 1.95 bits per heavy atom. The van der Waals surface area contributed by atoms with Gasteiger partial charge in [-0.3, -0.25) is 14.6 Å². The van der Waals surface area contributed by atoms with Crippen molar-refractivity contribution in [2.24, 2.45) is 5.92 Å². The molecule has 1 amide bonds. The van der Waals surface area contributed by atoms with Crippen LogP contribution in [-0.4, -0.2) is 52.4 Å². The number of halogens is 3. The number of likely N-dealkylation sites (tertiary alicyclic amines) is 1. The molecule has 7 nitrogen and oxygen atoms in total. The van der Waals surface area contributed by atoms with E-state index in [-0.39, 0.29) is 23.8 Å². The van der Waals surface area contributed by atoms with Crippen LogP contribution in [0.25, 0.3) is 4.85 Å². The molecule has 1 aromatic carbocycles. The Morgan fingerprint density at radius 3 is 2.59 bits per heavy atom. The first kappa shape index (κ1) is 26.8. The number of carbonyl (C=O) groups is 2. The Balaban J connectivity index is 1.21. The maximum absolute atomic E-state index is 12.9. The van der Waals surface area contributed by atoms with Crippen LogP contribution in [0.15, 0.2) is 42.6 Å². The summed E-state index contributed by atoms with van der Waals surface area (Å²) in [6.07, 6.45) is 0.844. The Morgan fingerprint density at radius 1 is 1.19 bits per heavy atom. The van der Waals surface area contributed by atoms with Crippen LogP contribution in [0.5, 0.6) is 0 Å². The first-order valence-corrected chi connectivity index (χ1v) is 12.3. The van der Waals surface area contributed by atoms with Gasteiger partial charge in [0.05, 0.1) is 24.4 Å². The fourth-order valence-corrected chi connectivity index (χ4v) is 5.30. The molecule has 1 saturated carbocycles. The molecule has 1 saturated heterocycles. The van der Waals surface area contributed by atoms with Crippen LogP contribution in [-0.2, 0) is 16.6 Å². The molecular formula is C27H29F3N4O3. The van der Waals surface area contributed by atoms with Crippen LogP contribution in [0, 0.1) is 12.5 Å². The fourth-order valence-electron chi connectivity index (χ4n) is 5.30. The number of hydrogen-bond donors (Lipinski definition) is 2. The summed E-state index contributed by atoms with van der Waals surface area (Å²) in [7, 11) is 0. The highest BCUT2D eigenvalue weighted by Crippen LogP contribution is 2.39. The zero-order valence-corrected chi connectivity index (χ0v) is 20.3. The lowest BCUT2D eigenvalue weighted by atomic mass is 9.79. The van der Waals surface area contributed by atoms with Gasteiger partial charge in [0.1, 0.15) is 5.60 Å². The van der Waals surface area contributed by atoms with Gasteiger partial charge in [0, 0.05) is 30.8 Å². The number of alkyl halides is 3. The standard InChI is InChI=1S/C27H29F3N4O3/c1-31-21-5-6-24(32-15-21)26(37)10-7-22(8-11-26)34-12-9-18(17-34)13-23(35)16-33-25(36)19-3-2-4-20(14-19)27(28,29)30/h2-6,14-15,18,22,37H,7-13,16-17H2,(H,33,36)/t18-,22?,26?/m0/s1. The van der Waals surface area contributed by atoms with Gasteiger partial charge in [0.15, 0.2) is 5.78 Å². The molecule has 0 unspecified atom stereocenters. The lowest BCUT2D eigenvalue weighted by Crippen LogP contribution is -2.42. The molecule has 1 atom stereocenters. The van der Waals surface area contributed by atoms with Gasteiger partial charge in [0.2, 0.25) is 5.69 Å². The van der Waals surface area contributed by atoms with Crippen molar-refractivity contribution in [3.8, 4) is 0 Å². The topological polar surface area (TPSA) is 86.9 Å². The van der Waals surface area contributed by atoms with Crippen molar-refractivity contribution >= 4 is 17.4 Å². The Hall–Kier alpha value is -3.29. The Kier molecular flexibility index (Phi) is 7.95. The number of Topliss-reactive ketones (excluding diaryl/α,β-unsaturated/α-hetero) is 1. The summed E-state index contributed by atoms with van der Waals surface area (Å²) < 4.78 is 38.6. The van der Waals surface area contributed by atoms with Gasteiger partial charge in [0.25, 0.3) is 5.91 Å². The number of nitrogens with zero attached hydrogens (tertiary/aromatic N) is 3. The molecule has 1 aromatic heterocycles. The molecule has 0 spiro atoms. The summed E-state index contributed by atoms with van der Waals surface area (Å²) >= 11 is 0. The first-order valence-electron chi connectivity index (χ1n) is 12.3. The van der Waals surface area contributed by atoms with Crippen molar-refractivity contribution in [1.82, 2.24) is 15.2 Å². The van der Waals surface area contributed by atoms with E-state index in [1.165, 1.54) is 18.3 Å². The lowest BCUT2D eigenvalue weighted by Gasteiger charge is -2.39. The van der Waals surface area contributed by atoms with Crippen molar-refractivity contribution in [1.29, 1.82) is 0 Å². The number of pyridine rings is 1. The molecule has 2 fully saturated rings. The number of aromatic nitrogens is 1. The van der Waals surface area contributed by atoms with E-state index >= 15 is 0 Å². The average Bonchev–Trinajstić information content (AvgIpc) is 3.35. The highest BCUT2D eigenvalue weighted by molar-refractivity contribution is 5.96. The van der Waals surface area contributed by atoms with Crippen molar-refractivity contribution in [3.63, 3.8) is 0 Å². The molecule has 196 valence electrons. The van der Waals surface area contributed by atoms with Crippen LogP contribution in [0.1, 0.15) is 60.1 Å². The van der Waals surface area contributed by atoms with Crippen molar-refractivity contribution in [2.45, 2.75) is 56.3 Å².